The monoisotopic (exact) mass is 338 g/mol. The average molecular weight is 339 g/mol. The third kappa shape index (κ3) is 1.94. The summed E-state index contributed by atoms with van der Waals surface area (Å²) in [6, 6.07) is -0.123. The van der Waals surface area contributed by atoms with Crippen LogP contribution in [0.15, 0.2) is 0 Å². The summed E-state index contributed by atoms with van der Waals surface area (Å²) in [4.78, 5) is 0. The number of halogens is 7. The molecule has 9 heteroatoms. The molecule has 1 saturated heterocycles. The van der Waals surface area contributed by atoms with Gasteiger partial charge in [-0.2, -0.15) is 26.3 Å². The van der Waals surface area contributed by atoms with E-state index >= 15 is 0 Å². The van der Waals surface area contributed by atoms with Crippen LogP contribution >= 0.6 is 11.6 Å². The molecule has 0 N–H and O–H groups in total. The quantitative estimate of drug-likeness (QED) is 0.576. The van der Waals surface area contributed by atoms with Crippen molar-refractivity contribution in [2.75, 3.05) is 12.7 Å². The smallest absolute Gasteiger partial charge is 0.365 e. The minimum atomic E-state index is -5.46. The van der Waals surface area contributed by atoms with E-state index in [1.807, 2.05) is 0 Å². The molecule has 5 unspecified atom stereocenters. The summed E-state index contributed by atoms with van der Waals surface area (Å²) in [5.41, 5.74) is -4.01. The van der Waals surface area contributed by atoms with Gasteiger partial charge in [-0.25, -0.2) is 0 Å². The molecule has 1 heterocycles. The van der Waals surface area contributed by atoms with Crippen molar-refractivity contribution in [3.8, 4) is 0 Å². The van der Waals surface area contributed by atoms with Crippen LogP contribution in [0.1, 0.15) is 12.8 Å². The molecule has 2 bridgehead atoms. The molecule has 0 radical (unpaired) electrons. The molecule has 2 saturated carbocycles. The minimum absolute atomic E-state index is 0.0969. The molecule has 1 aliphatic heterocycles. The van der Waals surface area contributed by atoms with E-state index in [2.05, 4.69) is 4.74 Å². The number of hydrogen-bond donors (Lipinski definition) is 0. The average Bonchev–Trinajstić information content (AvgIpc) is 2.75. The molecule has 3 aliphatic rings. The summed E-state index contributed by atoms with van der Waals surface area (Å²) < 4.78 is 88.0. The van der Waals surface area contributed by atoms with Crippen LogP contribution in [0.3, 0.4) is 0 Å². The zero-order chi connectivity index (χ0) is 15.6. The summed E-state index contributed by atoms with van der Waals surface area (Å²) in [7, 11) is 0. The first-order valence-electron chi connectivity index (χ1n) is 6.58. The molecule has 0 aromatic heterocycles. The van der Waals surface area contributed by atoms with Crippen LogP contribution in [0.5, 0.6) is 0 Å². The van der Waals surface area contributed by atoms with E-state index in [1.165, 1.54) is 0 Å². The third-order valence-corrected chi connectivity index (χ3v) is 5.26. The van der Waals surface area contributed by atoms with Crippen LogP contribution in [-0.2, 0) is 9.47 Å². The van der Waals surface area contributed by atoms with Crippen LogP contribution in [-0.4, -0.2) is 36.7 Å². The van der Waals surface area contributed by atoms with Crippen molar-refractivity contribution in [3.63, 3.8) is 0 Å². The fourth-order valence-electron chi connectivity index (χ4n) is 4.43. The van der Waals surface area contributed by atoms with Gasteiger partial charge < -0.3 is 9.47 Å². The van der Waals surface area contributed by atoms with Crippen LogP contribution in [0.25, 0.3) is 0 Å². The first-order chi connectivity index (χ1) is 9.63. The van der Waals surface area contributed by atoms with Crippen LogP contribution in [0.2, 0.25) is 0 Å². The standard InChI is InChI=1S/C12H13ClF6O2/c13-4-20-3-6-1-5-2-7(6)8-9(5)21-10(8,11(14,15)16)12(17,18)19/h5-9H,1-4H2. The van der Waals surface area contributed by atoms with E-state index in [-0.39, 0.29) is 24.5 Å². The molecule has 5 atom stereocenters. The number of rotatable bonds is 3. The lowest BCUT2D eigenvalue weighted by molar-refractivity contribution is -0.472. The number of hydrogen-bond acceptors (Lipinski definition) is 2. The highest BCUT2D eigenvalue weighted by Crippen LogP contribution is 2.70. The van der Waals surface area contributed by atoms with Crippen molar-refractivity contribution < 1.29 is 35.8 Å². The SMILES string of the molecule is FC(F)(F)C1(C(F)(F)F)OC2C3CC(COCCl)C(C3)C21. The molecule has 3 fully saturated rings. The highest BCUT2D eigenvalue weighted by atomic mass is 35.5. The number of fused-ring (bicyclic) bond motifs is 5. The first-order valence-corrected chi connectivity index (χ1v) is 7.12. The molecule has 122 valence electrons. The van der Waals surface area contributed by atoms with Crippen molar-refractivity contribution in [2.45, 2.75) is 36.9 Å². The highest BCUT2D eigenvalue weighted by molar-refractivity contribution is 6.17. The first kappa shape index (κ1) is 15.7. The maximum absolute atomic E-state index is 13.1. The van der Waals surface area contributed by atoms with E-state index in [4.69, 9.17) is 16.3 Å². The van der Waals surface area contributed by atoms with E-state index in [9.17, 15) is 26.3 Å². The van der Waals surface area contributed by atoms with Gasteiger partial charge in [-0.05, 0) is 30.6 Å². The molecule has 0 amide bonds. The summed E-state index contributed by atoms with van der Waals surface area (Å²) in [5, 5.41) is 0. The lowest BCUT2D eigenvalue weighted by Crippen LogP contribution is -2.76. The van der Waals surface area contributed by atoms with E-state index in [0.717, 1.165) is 0 Å². The molecule has 2 aliphatic carbocycles. The lowest BCUT2D eigenvalue weighted by atomic mass is 9.65. The molecular weight excluding hydrogens is 326 g/mol. The molecular formula is C12H13ClF6O2. The van der Waals surface area contributed by atoms with E-state index in [0.29, 0.717) is 12.8 Å². The second-order valence-corrected chi connectivity index (χ2v) is 6.19. The van der Waals surface area contributed by atoms with Crippen molar-refractivity contribution >= 4 is 11.6 Å². The van der Waals surface area contributed by atoms with Crippen molar-refractivity contribution in [1.29, 1.82) is 0 Å². The Balaban J connectivity index is 1.88. The predicted octanol–water partition coefficient (Wildman–Crippen LogP) is 3.73. The topological polar surface area (TPSA) is 18.5 Å². The fourth-order valence-corrected chi connectivity index (χ4v) is 4.52. The zero-order valence-electron chi connectivity index (χ0n) is 10.7. The van der Waals surface area contributed by atoms with Gasteiger partial charge in [-0.3, -0.25) is 0 Å². The van der Waals surface area contributed by atoms with Crippen molar-refractivity contribution in [1.82, 2.24) is 0 Å². The van der Waals surface area contributed by atoms with Gasteiger partial charge in [0.05, 0.1) is 12.7 Å². The predicted molar refractivity (Wildman–Crippen MR) is 59.6 cm³/mol. The highest BCUT2D eigenvalue weighted by Gasteiger charge is 2.86. The molecule has 0 aromatic carbocycles. The summed E-state index contributed by atoms with van der Waals surface area (Å²) in [6.45, 7) is 0.0969. The molecule has 0 spiro atoms. The largest absolute Gasteiger partial charge is 0.426 e. The zero-order valence-corrected chi connectivity index (χ0v) is 11.4. The second-order valence-electron chi connectivity index (χ2n) is 5.97. The van der Waals surface area contributed by atoms with Gasteiger partial charge in [0.25, 0.3) is 5.60 Å². The Kier molecular flexibility index (Phi) is 3.47. The molecule has 21 heavy (non-hydrogen) atoms. The van der Waals surface area contributed by atoms with Crippen LogP contribution in [0, 0.1) is 23.7 Å². The second kappa shape index (κ2) is 4.64. The maximum atomic E-state index is 13.1. The lowest BCUT2D eigenvalue weighted by Gasteiger charge is -2.58. The fraction of sp³-hybridized carbons (Fsp3) is 1.00. The normalized spacial score (nSPS) is 41.0. The summed E-state index contributed by atoms with van der Waals surface area (Å²) >= 11 is 5.36. The number of alkyl halides is 7. The Morgan fingerprint density at radius 3 is 2.24 bits per heavy atom. The van der Waals surface area contributed by atoms with Crippen molar-refractivity contribution in [2.24, 2.45) is 23.7 Å². The summed E-state index contributed by atoms with van der Waals surface area (Å²) in [6.07, 6.45) is -11.0. The third-order valence-electron chi connectivity index (χ3n) is 5.11. The van der Waals surface area contributed by atoms with Crippen molar-refractivity contribution in [3.05, 3.63) is 0 Å². The molecule has 3 rings (SSSR count). The van der Waals surface area contributed by atoms with E-state index in [1.54, 1.807) is 0 Å². The molecule has 0 aromatic rings. The van der Waals surface area contributed by atoms with Gasteiger partial charge in [0, 0.05) is 5.92 Å². The maximum Gasteiger partial charge on any atom is 0.426 e. The summed E-state index contributed by atoms with van der Waals surface area (Å²) in [5.74, 6) is -2.80. The van der Waals surface area contributed by atoms with Gasteiger partial charge in [-0.1, -0.05) is 11.6 Å². The van der Waals surface area contributed by atoms with E-state index < -0.39 is 35.9 Å². The Morgan fingerprint density at radius 2 is 1.71 bits per heavy atom. The minimum Gasteiger partial charge on any atom is -0.365 e. The van der Waals surface area contributed by atoms with Crippen LogP contribution < -0.4 is 0 Å². The van der Waals surface area contributed by atoms with Gasteiger partial charge in [-0.15, -0.1) is 0 Å². The van der Waals surface area contributed by atoms with Gasteiger partial charge in [0.2, 0.25) is 0 Å². The molecule has 2 nitrogen and oxygen atoms in total. The van der Waals surface area contributed by atoms with Crippen LogP contribution in [0.4, 0.5) is 26.3 Å². The number of ether oxygens (including phenoxy) is 2. The van der Waals surface area contributed by atoms with Gasteiger partial charge in [0.15, 0.2) is 0 Å². The van der Waals surface area contributed by atoms with Gasteiger partial charge in [0.1, 0.15) is 6.07 Å². The Labute approximate surface area is 121 Å². The Hall–Kier alpha value is -0.210. The Morgan fingerprint density at radius 1 is 1.10 bits per heavy atom. The van der Waals surface area contributed by atoms with Gasteiger partial charge >= 0.3 is 12.4 Å². The Bertz CT molecular complexity index is 409.